The molecular formula is C9H10BrN3. The zero-order valence-electron chi connectivity index (χ0n) is 7.07. The zero-order valence-corrected chi connectivity index (χ0v) is 8.66. The number of nitrogens with two attached hydrogens (primary N) is 1. The van der Waals surface area contributed by atoms with Crippen molar-refractivity contribution in [3.8, 4) is 0 Å². The van der Waals surface area contributed by atoms with Crippen LogP contribution in [-0.2, 0) is 6.42 Å². The van der Waals surface area contributed by atoms with Crippen LogP contribution in [0.25, 0.3) is 0 Å². The molecule has 0 amide bonds. The van der Waals surface area contributed by atoms with E-state index in [1.54, 1.807) is 0 Å². The molecule has 1 aromatic carbocycles. The zero-order chi connectivity index (χ0) is 9.31. The van der Waals surface area contributed by atoms with E-state index in [1.807, 2.05) is 12.1 Å². The highest BCUT2D eigenvalue weighted by Gasteiger charge is 2.38. The fourth-order valence-electron chi connectivity index (χ4n) is 1.22. The van der Waals surface area contributed by atoms with Crippen LogP contribution in [0.1, 0.15) is 5.56 Å². The highest BCUT2D eigenvalue weighted by atomic mass is 79.9. The maximum atomic E-state index is 5.55. The Bertz CT molecular complexity index is 325. The second-order valence-corrected chi connectivity index (χ2v) is 4.11. The number of rotatable bonds is 3. The van der Waals surface area contributed by atoms with Crippen molar-refractivity contribution in [2.75, 3.05) is 6.54 Å². The molecule has 0 aromatic heterocycles. The fraction of sp³-hybridized carbons (Fsp3) is 0.333. The van der Waals surface area contributed by atoms with Crippen molar-refractivity contribution in [3.05, 3.63) is 34.3 Å². The Morgan fingerprint density at radius 3 is 2.31 bits per heavy atom. The number of nitrogens with zero attached hydrogens (tertiary/aromatic N) is 2. The van der Waals surface area contributed by atoms with Crippen molar-refractivity contribution in [2.24, 2.45) is 16.0 Å². The molecule has 0 atom stereocenters. The van der Waals surface area contributed by atoms with Crippen LogP contribution in [0.2, 0.25) is 0 Å². The van der Waals surface area contributed by atoms with Crippen LogP contribution in [0.4, 0.5) is 0 Å². The standard InChI is InChI=1S/C9H10BrN3/c10-8-3-1-7(2-4-8)5-9(6-11)12-13-9/h1-4H,5-6,11H2. The molecule has 0 fully saturated rings. The first-order valence-corrected chi connectivity index (χ1v) is 4.92. The molecule has 0 spiro atoms. The molecule has 2 N–H and O–H groups in total. The first-order chi connectivity index (χ1) is 6.24. The van der Waals surface area contributed by atoms with Gasteiger partial charge in [-0.25, -0.2) is 0 Å². The predicted octanol–water partition coefficient (Wildman–Crippen LogP) is 2.11. The molecule has 0 radical (unpaired) electrons. The van der Waals surface area contributed by atoms with E-state index in [1.165, 1.54) is 5.56 Å². The van der Waals surface area contributed by atoms with Crippen LogP contribution in [0.5, 0.6) is 0 Å². The molecule has 2 rings (SSSR count). The Balaban J connectivity index is 2.06. The molecule has 0 saturated carbocycles. The highest BCUT2D eigenvalue weighted by Crippen LogP contribution is 2.30. The third-order valence-electron chi connectivity index (χ3n) is 2.11. The summed E-state index contributed by atoms with van der Waals surface area (Å²) in [5.74, 6) is 0. The summed E-state index contributed by atoms with van der Waals surface area (Å²) < 4.78 is 1.09. The topological polar surface area (TPSA) is 50.7 Å². The smallest absolute Gasteiger partial charge is 0.206 e. The molecule has 4 heteroatoms. The molecule has 0 bridgehead atoms. The molecule has 0 saturated heterocycles. The monoisotopic (exact) mass is 239 g/mol. The van der Waals surface area contributed by atoms with E-state index >= 15 is 0 Å². The summed E-state index contributed by atoms with van der Waals surface area (Å²) in [5, 5.41) is 7.92. The molecule has 13 heavy (non-hydrogen) atoms. The van der Waals surface area contributed by atoms with Crippen molar-refractivity contribution in [1.29, 1.82) is 0 Å². The van der Waals surface area contributed by atoms with Gasteiger partial charge < -0.3 is 5.73 Å². The van der Waals surface area contributed by atoms with Gasteiger partial charge in [-0.15, -0.1) is 0 Å². The summed E-state index contributed by atoms with van der Waals surface area (Å²) in [5.41, 5.74) is 6.47. The molecule has 1 aliphatic rings. The van der Waals surface area contributed by atoms with Crippen molar-refractivity contribution in [3.63, 3.8) is 0 Å². The van der Waals surface area contributed by atoms with Crippen molar-refractivity contribution < 1.29 is 0 Å². The number of halogens is 1. The van der Waals surface area contributed by atoms with Crippen molar-refractivity contribution in [1.82, 2.24) is 0 Å². The molecule has 1 aliphatic heterocycles. The average Bonchev–Trinajstić information content (AvgIpc) is 2.90. The van der Waals surface area contributed by atoms with E-state index in [0.717, 1.165) is 10.9 Å². The minimum Gasteiger partial charge on any atom is -0.326 e. The minimum atomic E-state index is -0.298. The number of hydrogen-bond acceptors (Lipinski definition) is 3. The van der Waals surface area contributed by atoms with Gasteiger partial charge in [0, 0.05) is 17.4 Å². The normalized spacial score (nSPS) is 17.4. The quantitative estimate of drug-likeness (QED) is 0.864. The molecule has 0 unspecified atom stereocenters. The van der Waals surface area contributed by atoms with Crippen LogP contribution >= 0.6 is 15.9 Å². The Morgan fingerprint density at radius 2 is 1.85 bits per heavy atom. The minimum absolute atomic E-state index is 0.298. The van der Waals surface area contributed by atoms with E-state index in [4.69, 9.17) is 5.73 Å². The summed E-state index contributed by atoms with van der Waals surface area (Å²) in [4.78, 5) is 0. The second kappa shape index (κ2) is 3.20. The van der Waals surface area contributed by atoms with Crippen molar-refractivity contribution in [2.45, 2.75) is 12.1 Å². The van der Waals surface area contributed by atoms with Gasteiger partial charge in [-0.1, -0.05) is 28.1 Å². The summed E-state index contributed by atoms with van der Waals surface area (Å²) in [6.45, 7) is 0.503. The predicted molar refractivity (Wildman–Crippen MR) is 54.5 cm³/mol. The van der Waals surface area contributed by atoms with E-state index < -0.39 is 0 Å². The summed E-state index contributed by atoms with van der Waals surface area (Å²) in [7, 11) is 0. The largest absolute Gasteiger partial charge is 0.326 e. The van der Waals surface area contributed by atoms with Gasteiger partial charge in [0.25, 0.3) is 0 Å². The Labute approximate surface area is 85.2 Å². The fourth-order valence-corrected chi connectivity index (χ4v) is 1.49. The van der Waals surface area contributed by atoms with Crippen LogP contribution in [0.15, 0.2) is 39.0 Å². The van der Waals surface area contributed by atoms with E-state index in [-0.39, 0.29) is 5.66 Å². The van der Waals surface area contributed by atoms with Gasteiger partial charge >= 0.3 is 0 Å². The second-order valence-electron chi connectivity index (χ2n) is 3.19. The van der Waals surface area contributed by atoms with Crippen LogP contribution in [-0.4, -0.2) is 12.2 Å². The lowest BCUT2D eigenvalue weighted by Crippen LogP contribution is -2.26. The summed E-state index contributed by atoms with van der Waals surface area (Å²) >= 11 is 3.39. The van der Waals surface area contributed by atoms with Gasteiger partial charge in [0.2, 0.25) is 5.66 Å². The van der Waals surface area contributed by atoms with Crippen molar-refractivity contribution >= 4 is 15.9 Å². The van der Waals surface area contributed by atoms with Crippen LogP contribution in [0.3, 0.4) is 0 Å². The Kier molecular flexibility index (Phi) is 2.17. The molecule has 1 heterocycles. The van der Waals surface area contributed by atoms with Crippen LogP contribution < -0.4 is 5.73 Å². The third-order valence-corrected chi connectivity index (χ3v) is 2.64. The van der Waals surface area contributed by atoms with Gasteiger partial charge in [-0.05, 0) is 17.7 Å². The maximum Gasteiger partial charge on any atom is 0.206 e. The van der Waals surface area contributed by atoms with E-state index in [9.17, 15) is 0 Å². The SMILES string of the molecule is NCC1(Cc2ccc(Br)cc2)N=N1. The van der Waals surface area contributed by atoms with Gasteiger partial charge in [0.15, 0.2) is 0 Å². The Morgan fingerprint density at radius 1 is 1.23 bits per heavy atom. The molecular weight excluding hydrogens is 230 g/mol. The molecule has 3 nitrogen and oxygen atoms in total. The first-order valence-electron chi connectivity index (χ1n) is 4.13. The third kappa shape index (κ3) is 1.95. The van der Waals surface area contributed by atoms with Gasteiger partial charge in [-0.2, -0.15) is 10.2 Å². The first kappa shape index (κ1) is 8.84. The summed E-state index contributed by atoms with van der Waals surface area (Å²) in [6.07, 6.45) is 0.816. The molecule has 68 valence electrons. The van der Waals surface area contributed by atoms with Crippen LogP contribution in [0, 0.1) is 0 Å². The van der Waals surface area contributed by atoms with Gasteiger partial charge in [-0.3, -0.25) is 0 Å². The maximum absolute atomic E-state index is 5.55. The lowest BCUT2D eigenvalue weighted by atomic mass is 10.0. The summed E-state index contributed by atoms with van der Waals surface area (Å²) in [6, 6.07) is 8.15. The lowest BCUT2D eigenvalue weighted by molar-refractivity contribution is 0.607. The van der Waals surface area contributed by atoms with E-state index in [2.05, 4.69) is 38.3 Å². The highest BCUT2D eigenvalue weighted by molar-refractivity contribution is 9.10. The van der Waals surface area contributed by atoms with Gasteiger partial charge in [0.1, 0.15) is 0 Å². The number of benzene rings is 1. The lowest BCUT2D eigenvalue weighted by Gasteiger charge is -2.06. The van der Waals surface area contributed by atoms with Gasteiger partial charge in [0.05, 0.1) is 0 Å². The average molecular weight is 240 g/mol. The molecule has 1 aromatic rings. The number of hydrogen-bond donors (Lipinski definition) is 1. The van der Waals surface area contributed by atoms with E-state index in [0.29, 0.717) is 6.54 Å². The molecule has 0 aliphatic carbocycles. The Hall–Kier alpha value is -0.740.